The maximum atomic E-state index is 11.7. The van der Waals surface area contributed by atoms with Crippen molar-refractivity contribution in [3.8, 4) is 5.75 Å². The first-order chi connectivity index (χ1) is 10.5. The van der Waals surface area contributed by atoms with Crippen LogP contribution < -0.4 is 15.8 Å². The van der Waals surface area contributed by atoms with Gasteiger partial charge in [0.25, 0.3) is 5.91 Å². The number of nitrogens with two attached hydrogens (primary N) is 1. The monoisotopic (exact) mass is 362 g/mol. The van der Waals surface area contributed by atoms with Crippen LogP contribution in [-0.2, 0) is 11.3 Å². The fourth-order valence-corrected chi connectivity index (χ4v) is 2.21. The minimum absolute atomic E-state index is 0.0933. The van der Waals surface area contributed by atoms with Crippen LogP contribution in [-0.4, -0.2) is 18.4 Å². The first-order valence-corrected chi connectivity index (χ1v) is 7.38. The molecule has 0 aliphatic rings. The molecule has 22 heavy (non-hydrogen) atoms. The van der Waals surface area contributed by atoms with Crippen LogP contribution in [0, 0.1) is 0 Å². The van der Waals surface area contributed by atoms with Crippen molar-refractivity contribution >= 4 is 27.7 Å². The SMILES string of the molecule is NC(=O)c1ccc(OCC(=O)NCc2cccc(Br)c2)cc1. The van der Waals surface area contributed by atoms with E-state index in [1.165, 1.54) is 0 Å². The fourth-order valence-electron chi connectivity index (χ4n) is 1.76. The van der Waals surface area contributed by atoms with E-state index < -0.39 is 5.91 Å². The van der Waals surface area contributed by atoms with Crippen LogP contribution in [0.5, 0.6) is 5.75 Å². The van der Waals surface area contributed by atoms with Gasteiger partial charge in [-0.1, -0.05) is 28.1 Å². The first kappa shape index (κ1) is 16.0. The van der Waals surface area contributed by atoms with E-state index in [9.17, 15) is 9.59 Å². The van der Waals surface area contributed by atoms with E-state index in [-0.39, 0.29) is 12.5 Å². The topological polar surface area (TPSA) is 81.4 Å². The summed E-state index contributed by atoms with van der Waals surface area (Å²) in [5, 5.41) is 2.77. The molecule has 0 aliphatic carbocycles. The lowest BCUT2D eigenvalue weighted by molar-refractivity contribution is -0.123. The zero-order valence-corrected chi connectivity index (χ0v) is 13.3. The van der Waals surface area contributed by atoms with Crippen molar-refractivity contribution in [2.45, 2.75) is 6.54 Å². The second kappa shape index (κ2) is 7.61. The number of hydrogen-bond acceptors (Lipinski definition) is 3. The number of rotatable bonds is 6. The number of ether oxygens (including phenoxy) is 1. The molecule has 0 fully saturated rings. The summed E-state index contributed by atoms with van der Waals surface area (Å²) >= 11 is 3.38. The molecule has 0 atom stereocenters. The lowest BCUT2D eigenvalue weighted by Crippen LogP contribution is -2.28. The molecule has 2 aromatic rings. The highest BCUT2D eigenvalue weighted by molar-refractivity contribution is 9.10. The van der Waals surface area contributed by atoms with Crippen LogP contribution in [0.15, 0.2) is 53.0 Å². The van der Waals surface area contributed by atoms with Crippen LogP contribution in [0.25, 0.3) is 0 Å². The van der Waals surface area contributed by atoms with Gasteiger partial charge in [-0.15, -0.1) is 0 Å². The molecule has 5 nitrogen and oxygen atoms in total. The third kappa shape index (κ3) is 4.89. The van der Waals surface area contributed by atoms with E-state index in [4.69, 9.17) is 10.5 Å². The van der Waals surface area contributed by atoms with Crippen LogP contribution in [0.4, 0.5) is 0 Å². The Morgan fingerprint density at radius 3 is 2.50 bits per heavy atom. The van der Waals surface area contributed by atoms with E-state index in [0.717, 1.165) is 10.0 Å². The molecule has 2 rings (SSSR count). The zero-order chi connectivity index (χ0) is 15.9. The second-order valence-corrected chi connectivity index (χ2v) is 5.50. The fraction of sp³-hybridized carbons (Fsp3) is 0.125. The van der Waals surface area contributed by atoms with E-state index in [2.05, 4.69) is 21.2 Å². The average molecular weight is 363 g/mol. The molecule has 114 valence electrons. The Kier molecular flexibility index (Phi) is 5.55. The van der Waals surface area contributed by atoms with Crippen molar-refractivity contribution in [1.29, 1.82) is 0 Å². The van der Waals surface area contributed by atoms with Crippen molar-refractivity contribution in [1.82, 2.24) is 5.32 Å². The molecule has 2 amide bonds. The molecule has 0 aliphatic heterocycles. The van der Waals surface area contributed by atoms with Gasteiger partial charge in [0.15, 0.2) is 6.61 Å². The number of carbonyl (C=O) groups is 2. The molecule has 0 radical (unpaired) electrons. The summed E-state index contributed by atoms with van der Waals surface area (Å²) in [6.45, 7) is 0.339. The predicted octanol–water partition coefficient (Wildman–Crippen LogP) is 2.24. The minimum atomic E-state index is -0.502. The number of carbonyl (C=O) groups excluding carboxylic acids is 2. The Labute approximate surface area is 136 Å². The number of amides is 2. The maximum Gasteiger partial charge on any atom is 0.258 e. The Balaban J connectivity index is 1.79. The van der Waals surface area contributed by atoms with Gasteiger partial charge < -0.3 is 15.8 Å². The number of hydrogen-bond donors (Lipinski definition) is 2. The van der Waals surface area contributed by atoms with Gasteiger partial charge >= 0.3 is 0 Å². The average Bonchev–Trinajstić information content (AvgIpc) is 2.51. The summed E-state index contributed by atoms with van der Waals surface area (Å²) in [5.74, 6) is -0.222. The molecule has 0 heterocycles. The summed E-state index contributed by atoms with van der Waals surface area (Å²) in [4.78, 5) is 22.7. The molecule has 0 saturated heterocycles. The first-order valence-electron chi connectivity index (χ1n) is 6.58. The Bertz CT molecular complexity index is 671. The minimum Gasteiger partial charge on any atom is -0.484 e. The number of benzene rings is 2. The van der Waals surface area contributed by atoms with Crippen molar-refractivity contribution in [3.05, 3.63) is 64.1 Å². The lowest BCUT2D eigenvalue weighted by atomic mass is 10.2. The molecule has 0 spiro atoms. The summed E-state index contributed by atoms with van der Waals surface area (Å²) in [5.41, 5.74) is 6.53. The summed E-state index contributed by atoms with van der Waals surface area (Å²) in [6.07, 6.45) is 0. The molecular weight excluding hydrogens is 348 g/mol. The number of nitrogens with one attached hydrogen (secondary N) is 1. The Hall–Kier alpha value is -2.34. The molecule has 6 heteroatoms. The lowest BCUT2D eigenvalue weighted by Gasteiger charge is -2.08. The van der Waals surface area contributed by atoms with Crippen LogP contribution in [0.3, 0.4) is 0 Å². The van der Waals surface area contributed by atoms with Crippen molar-refractivity contribution in [2.24, 2.45) is 5.73 Å². The number of primary amides is 1. The van der Waals surface area contributed by atoms with Gasteiger partial charge in [0.1, 0.15) is 5.75 Å². The van der Waals surface area contributed by atoms with Gasteiger partial charge in [0.05, 0.1) is 0 Å². The predicted molar refractivity (Wildman–Crippen MR) is 86.4 cm³/mol. The normalized spacial score (nSPS) is 10.0. The highest BCUT2D eigenvalue weighted by atomic mass is 79.9. The third-order valence-electron chi connectivity index (χ3n) is 2.89. The highest BCUT2D eigenvalue weighted by Crippen LogP contribution is 2.12. The van der Waals surface area contributed by atoms with E-state index >= 15 is 0 Å². The van der Waals surface area contributed by atoms with Crippen LogP contribution in [0.1, 0.15) is 15.9 Å². The van der Waals surface area contributed by atoms with E-state index in [0.29, 0.717) is 17.9 Å². The third-order valence-corrected chi connectivity index (χ3v) is 3.38. The maximum absolute atomic E-state index is 11.7. The van der Waals surface area contributed by atoms with Crippen molar-refractivity contribution < 1.29 is 14.3 Å². The van der Waals surface area contributed by atoms with Gasteiger partial charge in [-0.2, -0.15) is 0 Å². The molecule has 0 aromatic heterocycles. The molecule has 3 N–H and O–H groups in total. The zero-order valence-electron chi connectivity index (χ0n) is 11.7. The standard InChI is InChI=1S/C16H15BrN2O3/c17-13-3-1-2-11(8-13)9-19-15(20)10-22-14-6-4-12(5-7-14)16(18)21/h1-8H,9-10H2,(H2,18,21)(H,19,20). The van der Waals surface area contributed by atoms with Crippen LogP contribution in [0.2, 0.25) is 0 Å². The molecule has 0 saturated carbocycles. The van der Waals surface area contributed by atoms with E-state index in [1.807, 2.05) is 24.3 Å². The number of halogens is 1. The Morgan fingerprint density at radius 1 is 1.14 bits per heavy atom. The summed E-state index contributed by atoms with van der Waals surface area (Å²) < 4.78 is 6.30. The second-order valence-electron chi connectivity index (χ2n) is 4.58. The van der Waals surface area contributed by atoms with E-state index in [1.54, 1.807) is 24.3 Å². The van der Waals surface area contributed by atoms with Gasteiger partial charge in [-0.05, 0) is 42.0 Å². The van der Waals surface area contributed by atoms with Gasteiger partial charge in [0, 0.05) is 16.6 Å². The smallest absolute Gasteiger partial charge is 0.258 e. The summed E-state index contributed by atoms with van der Waals surface area (Å²) in [7, 11) is 0. The van der Waals surface area contributed by atoms with Gasteiger partial charge in [-0.3, -0.25) is 9.59 Å². The Morgan fingerprint density at radius 2 is 1.86 bits per heavy atom. The van der Waals surface area contributed by atoms with Crippen molar-refractivity contribution in [3.63, 3.8) is 0 Å². The van der Waals surface area contributed by atoms with Crippen LogP contribution >= 0.6 is 15.9 Å². The quantitative estimate of drug-likeness (QED) is 0.826. The van der Waals surface area contributed by atoms with Crippen molar-refractivity contribution in [2.75, 3.05) is 6.61 Å². The van der Waals surface area contributed by atoms with Gasteiger partial charge in [0.2, 0.25) is 5.91 Å². The highest BCUT2D eigenvalue weighted by Gasteiger charge is 2.04. The molecule has 0 unspecified atom stereocenters. The summed E-state index contributed by atoms with van der Waals surface area (Å²) in [6, 6.07) is 14.0. The largest absolute Gasteiger partial charge is 0.484 e. The molecule has 2 aromatic carbocycles. The van der Waals surface area contributed by atoms with Gasteiger partial charge in [-0.25, -0.2) is 0 Å². The molecular formula is C16H15BrN2O3. The molecule has 0 bridgehead atoms.